The molecule has 0 spiro atoms. The van der Waals surface area contributed by atoms with Gasteiger partial charge in [-0.2, -0.15) is 0 Å². The van der Waals surface area contributed by atoms with Gasteiger partial charge in [-0.3, -0.25) is 0 Å². The van der Waals surface area contributed by atoms with Crippen molar-refractivity contribution in [3.05, 3.63) is 12.2 Å². The average Bonchev–Trinajstić information content (AvgIpc) is 2.87. The van der Waals surface area contributed by atoms with Gasteiger partial charge in [0.1, 0.15) is 0 Å². The molecule has 2 rings (SSSR count). The molecular formula is C16H30O3Si. The van der Waals surface area contributed by atoms with Crippen LogP contribution in [-0.2, 0) is 13.3 Å². The Kier molecular flexibility index (Phi) is 5.11. The number of allylic oxidation sites excluding steroid dienone is 2. The molecule has 3 atom stereocenters. The lowest BCUT2D eigenvalue weighted by molar-refractivity contribution is -0.00718. The highest BCUT2D eigenvalue weighted by Gasteiger charge is 2.58. The van der Waals surface area contributed by atoms with Crippen molar-refractivity contribution in [2.24, 2.45) is 11.8 Å². The van der Waals surface area contributed by atoms with E-state index in [-0.39, 0.29) is 18.3 Å². The standard InChI is InChI=1S/C16H30O3Si/c1-11(2)17-20(18-12(3)4,19-13(5)6)16-10-14-7-8-15(16)9-14/h7-8,11-16H,9-10H2,1-6H3. The Balaban J connectivity index is 2.26. The van der Waals surface area contributed by atoms with Gasteiger partial charge in [-0.25, -0.2) is 0 Å². The minimum Gasteiger partial charge on any atom is -0.371 e. The van der Waals surface area contributed by atoms with E-state index in [1.54, 1.807) is 0 Å². The molecule has 0 saturated heterocycles. The smallest absolute Gasteiger partial charge is 0.371 e. The Morgan fingerprint density at radius 3 is 1.60 bits per heavy atom. The van der Waals surface area contributed by atoms with Crippen LogP contribution in [0, 0.1) is 11.8 Å². The van der Waals surface area contributed by atoms with Crippen molar-refractivity contribution in [3.63, 3.8) is 0 Å². The molecule has 2 aliphatic rings. The van der Waals surface area contributed by atoms with Crippen molar-refractivity contribution in [2.45, 2.75) is 78.2 Å². The Morgan fingerprint density at radius 1 is 0.800 bits per heavy atom. The lowest BCUT2D eigenvalue weighted by Crippen LogP contribution is -2.55. The van der Waals surface area contributed by atoms with Crippen LogP contribution in [0.25, 0.3) is 0 Å². The van der Waals surface area contributed by atoms with Crippen LogP contribution >= 0.6 is 0 Å². The summed E-state index contributed by atoms with van der Waals surface area (Å²) in [6.45, 7) is 12.5. The molecule has 4 heteroatoms. The Hall–Kier alpha value is -0.163. The fourth-order valence-electron chi connectivity index (χ4n) is 3.52. The van der Waals surface area contributed by atoms with Crippen LogP contribution in [0.3, 0.4) is 0 Å². The molecule has 1 fully saturated rings. The van der Waals surface area contributed by atoms with E-state index in [1.807, 2.05) is 0 Å². The summed E-state index contributed by atoms with van der Waals surface area (Å²) >= 11 is 0. The normalized spacial score (nSPS) is 29.4. The Morgan fingerprint density at radius 2 is 1.30 bits per heavy atom. The molecular weight excluding hydrogens is 268 g/mol. The van der Waals surface area contributed by atoms with E-state index < -0.39 is 8.80 Å². The zero-order valence-corrected chi connectivity index (χ0v) is 14.8. The van der Waals surface area contributed by atoms with Gasteiger partial charge in [0.05, 0.1) is 0 Å². The third-order valence-electron chi connectivity index (χ3n) is 3.93. The van der Waals surface area contributed by atoms with Crippen molar-refractivity contribution in [2.75, 3.05) is 0 Å². The monoisotopic (exact) mass is 298 g/mol. The highest BCUT2D eigenvalue weighted by Crippen LogP contribution is 2.53. The van der Waals surface area contributed by atoms with Gasteiger partial charge in [0.15, 0.2) is 0 Å². The highest BCUT2D eigenvalue weighted by atomic mass is 28.4. The van der Waals surface area contributed by atoms with E-state index in [0.29, 0.717) is 17.4 Å². The van der Waals surface area contributed by atoms with Crippen molar-refractivity contribution >= 4 is 8.80 Å². The first-order chi connectivity index (χ1) is 9.32. The van der Waals surface area contributed by atoms with E-state index in [9.17, 15) is 0 Å². The first kappa shape index (κ1) is 16.2. The van der Waals surface area contributed by atoms with Crippen molar-refractivity contribution in [1.29, 1.82) is 0 Å². The van der Waals surface area contributed by atoms with Crippen molar-refractivity contribution < 1.29 is 13.3 Å². The number of hydrogen-bond acceptors (Lipinski definition) is 3. The van der Waals surface area contributed by atoms with Gasteiger partial charge < -0.3 is 13.3 Å². The molecule has 2 bridgehead atoms. The van der Waals surface area contributed by atoms with Crippen LogP contribution in [0.2, 0.25) is 5.54 Å². The Bertz CT molecular complexity index is 325. The minimum absolute atomic E-state index is 0.141. The lowest BCUT2D eigenvalue weighted by atomic mass is 10.1. The maximum atomic E-state index is 6.36. The van der Waals surface area contributed by atoms with Gasteiger partial charge in [-0.05, 0) is 66.2 Å². The summed E-state index contributed by atoms with van der Waals surface area (Å²) in [6, 6.07) is 0. The van der Waals surface area contributed by atoms with Gasteiger partial charge in [-0.1, -0.05) is 12.2 Å². The molecule has 116 valence electrons. The molecule has 3 nitrogen and oxygen atoms in total. The minimum atomic E-state index is -2.66. The van der Waals surface area contributed by atoms with E-state index in [0.717, 1.165) is 0 Å². The van der Waals surface area contributed by atoms with Gasteiger partial charge in [0, 0.05) is 23.9 Å². The van der Waals surface area contributed by atoms with Crippen LogP contribution in [0.15, 0.2) is 12.2 Å². The molecule has 3 unspecified atom stereocenters. The first-order valence-electron chi connectivity index (χ1n) is 8.04. The molecule has 20 heavy (non-hydrogen) atoms. The molecule has 0 amide bonds. The fourth-order valence-corrected chi connectivity index (χ4v) is 7.54. The number of rotatable bonds is 7. The van der Waals surface area contributed by atoms with E-state index in [2.05, 4.69) is 53.7 Å². The second-order valence-electron chi connectivity index (χ2n) is 6.99. The molecule has 0 aromatic heterocycles. The first-order valence-corrected chi connectivity index (χ1v) is 9.84. The van der Waals surface area contributed by atoms with Gasteiger partial charge in [0.25, 0.3) is 0 Å². The zero-order chi connectivity index (χ0) is 14.9. The summed E-state index contributed by atoms with van der Waals surface area (Å²) in [7, 11) is -2.66. The van der Waals surface area contributed by atoms with Crippen molar-refractivity contribution in [3.8, 4) is 0 Å². The number of hydrogen-bond donors (Lipinski definition) is 0. The van der Waals surface area contributed by atoms with E-state index in [1.165, 1.54) is 12.8 Å². The predicted octanol–water partition coefficient (Wildman–Crippen LogP) is 4.17. The SMILES string of the molecule is CC(C)O[Si](OC(C)C)(OC(C)C)C1CC2C=CC1C2. The highest BCUT2D eigenvalue weighted by molar-refractivity contribution is 6.62. The molecule has 0 aliphatic heterocycles. The molecule has 0 radical (unpaired) electrons. The molecule has 0 heterocycles. The topological polar surface area (TPSA) is 27.7 Å². The summed E-state index contributed by atoms with van der Waals surface area (Å²) in [6.07, 6.45) is 7.56. The van der Waals surface area contributed by atoms with Crippen LogP contribution < -0.4 is 0 Å². The lowest BCUT2D eigenvalue weighted by Gasteiger charge is -2.40. The maximum absolute atomic E-state index is 6.36. The largest absolute Gasteiger partial charge is 0.505 e. The molecule has 2 aliphatic carbocycles. The summed E-state index contributed by atoms with van der Waals surface area (Å²) < 4.78 is 19.1. The molecule has 0 N–H and O–H groups in total. The van der Waals surface area contributed by atoms with Crippen molar-refractivity contribution in [1.82, 2.24) is 0 Å². The molecule has 0 aromatic carbocycles. The Labute approximate surface area is 125 Å². The quantitative estimate of drug-likeness (QED) is 0.521. The molecule has 1 saturated carbocycles. The van der Waals surface area contributed by atoms with Gasteiger partial charge >= 0.3 is 8.80 Å². The second kappa shape index (κ2) is 6.30. The third kappa shape index (κ3) is 3.53. The van der Waals surface area contributed by atoms with Crippen LogP contribution in [0.4, 0.5) is 0 Å². The summed E-state index contributed by atoms with van der Waals surface area (Å²) in [5, 5.41) is 0. The van der Waals surface area contributed by atoms with Crippen LogP contribution in [0.1, 0.15) is 54.4 Å². The second-order valence-corrected chi connectivity index (χ2v) is 9.65. The third-order valence-corrected chi connectivity index (χ3v) is 7.90. The van der Waals surface area contributed by atoms with Gasteiger partial charge in [0.2, 0.25) is 0 Å². The van der Waals surface area contributed by atoms with Gasteiger partial charge in [-0.15, -0.1) is 0 Å². The van der Waals surface area contributed by atoms with Crippen LogP contribution in [-0.4, -0.2) is 27.1 Å². The summed E-state index contributed by atoms with van der Waals surface area (Å²) in [5.74, 6) is 1.29. The predicted molar refractivity (Wildman–Crippen MR) is 83.5 cm³/mol. The number of fused-ring (bicyclic) bond motifs is 2. The van der Waals surface area contributed by atoms with Crippen LogP contribution in [0.5, 0.6) is 0 Å². The fraction of sp³-hybridized carbons (Fsp3) is 0.875. The van der Waals surface area contributed by atoms with E-state index >= 15 is 0 Å². The summed E-state index contributed by atoms with van der Waals surface area (Å²) in [5.41, 5.74) is 0.435. The van der Waals surface area contributed by atoms with E-state index in [4.69, 9.17) is 13.3 Å². The summed E-state index contributed by atoms with van der Waals surface area (Å²) in [4.78, 5) is 0. The average molecular weight is 298 g/mol. The maximum Gasteiger partial charge on any atom is 0.505 e. The zero-order valence-electron chi connectivity index (χ0n) is 13.8. The molecule has 0 aromatic rings.